The highest BCUT2D eigenvalue weighted by Gasteiger charge is 2.27. The number of rotatable bonds is 6. The zero-order valence-electron chi connectivity index (χ0n) is 20.1. The Balaban J connectivity index is 1.61. The lowest BCUT2D eigenvalue weighted by Crippen LogP contribution is -2.36. The van der Waals surface area contributed by atoms with Crippen LogP contribution in [-0.2, 0) is 16.4 Å². The van der Waals surface area contributed by atoms with Gasteiger partial charge in [0.25, 0.3) is 0 Å². The van der Waals surface area contributed by atoms with Gasteiger partial charge in [-0.2, -0.15) is 5.10 Å². The van der Waals surface area contributed by atoms with Crippen LogP contribution >= 0.6 is 0 Å². The van der Waals surface area contributed by atoms with Gasteiger partial charge in [-0.15, -0.1) is 0 Å². The summed E-state index contributed by atoms with van der Waals surface area (Å²) < 4.78 is 28.5. The molecule has 0 spiro atoms. The van der Waals surface area contributed by atoms with Crippen LogP contribution in [0.2, 0.25) is 0 Å². The van der Waals surface area contributed by atoms with Crippen molar-refractivity contribution in [3.05, 3.63) is 77.7 Å². The van der Waals surface area contributed by atoms with Gasteiger partial charge in [0.1, 0.15) is 11.6 Å². The molecule has 0 N–H and O–H groups in total. The summed E-state index contributed by atoms with van der Waals surface area (Å²) in [6.07, 6.45) is 1.34. The Kier molecular flexibility index (Phi) is 6.53. The van der Waals surface area contributed by atoms with Crippen molar-refractivity contribution in [3.63, 3.8) is 0 Å². The molecule has 0 bridgehead atoms. The van der Waals surface area contributed by atoms with Gasteiger partial charge in [-0.05, 0) is 38.0 Å². The highest BCUT2D eigenvalue weighted by Crippen LogP contribution is 2.30. The van der Waals surface area contributed by atoms with Gasteiger partial charge in [-0.25, -0.2) is 27.4 Å². The van der Waals surface area contributed by atoms with Gasteiger partial charge in [0, 0.05) is 32.6 Å². The number of para-hydroxylation sites is 1. The topological polar surface area (TPSA) is 84.2 Å². The first kappa shape index (κ1) is 23.4. The first-order valence-corrected chi connectivity index (χ1v) is 13.7. The van der Waals surface area contributed by atoms with Crippen molar-refractivity contribution in [1.29, 1.82) is 0 Å². The third kappa shape index (κ3) is 4.78. The average molecular weight is 491 g/mol. The molecule has 5 rings (SSSR count). The van der Waals surface area contributed by atoms with E-state index < -0.39 is 10.0 Å². The molecule has 1 aliphatic heterocycles. The lowest BCUT2D eigenvalue weighted by Gasteiger charge is -2.23. The molecule has 8 nitrogen and oxygen atoms in total. The summed E-state index contributed by atoms with van der Waals surface area (Å²) in [5.41, 5.74) is 3.70. The molecule has 0 atom stereocenters. The zero-order chi connectivity index (χ0) is 24.4. The van der Waals surface area contributed by atoms with Crippen LogP contribution in [0, 0.1) is 6.92 Å². The van der Waals surface area contributed by atoms with Crippen LogP contribution < -0.4 is 4.90 Å². The molecule has 9 heteroatoms. The van der Waals surface area contributed by atoms with Crippen molar-refractivity contribution in [2.45, 2.75) is 26.7 Å². The van der Waals surface area contributed by atoms with Crippen LogP contribution in [-0.4, -0.2) is 64.4 Å². The second-order valence-electron chi connectivity index (χ2n) is 8.80. The summed E-state index contributed by atoms with van der Waals surface area (Å²) in [4.78, 5) is 12.2. The number of anilines is 1. The number of benzene rings is 2. The number of nitrogens with zero attached hydrogens (tertiary/aromatic N) is 6. The van der Waals surface area contributed by atoms with Crippen LogP contribution in [0.25, 0.3) is 16.7 Å². The van der Waals surface area contributed by atoms with Gasteiger partial charge in [-0.1, -0.05) is 48.5 Å². The van der Waals surface area contributed by atoms with Crippen LogP contribution in [0.15, 0.2) is 60.7 Å². The Morgan fingerprint density at radius 2 is 1.60 bits per heavy atom. The van der Waals surface area contributed by atoms with Crippen molar-refractivity contribution < 1.29 is 8.42 Å². The molecule has 0 radical (unpaired) electrons. The SMILES string of the molecule is CCS(=O)(=O)N1CCCN(c2nc(Cc3ccccc3)nc3c2c(C)nn3-c2ccccc2)CC1. The fourth-order valence-electron chi connectivity index (χ4n) is 4.61. The van der Waals surface area contributed by atoms with Gasteiger partial charge in [-0.3, -0.25) is 0 Å². The Morgan fingerprint density at radius 1 is 0.886 bits per heavy atom. The molecule has 0 saturated carbocycles. The maximum absolute atomic E-state index is 12.5. The van der Waals surface area contributed by atoms with E-state index in [0.29, 0.717) is 26.1 Å². The molecule has 2 aromatic carbocycles. The fourth-order valence-corrected chi connectivity index (χ4v) is 5.74. The van der Waals surface area contributed by atoms with Crippen molar-refractivity contribution in [2.24, 2.45) is 0 Å². The Morgan fingerprint density at radius 3 is 2.31 bits per heavy atom. The quantitative estimate of drug-likeness (QED) is 0.411. The van der Waals surface area contributed by atoms with Gasteiger partial charge in [0.15, 0.2) is 5.65 Å². The molecule has 0 unspecified atom stereocenters. The number of hydrogen-bond donors (Lipinski definition) is 0. The van der Waals surface area contributed by atoms with Crippen LogP contribution in [0.4, 0.5) is 5.82 Å². The average Bonchev–Trinajstić information content (AvgIpc) is 3.04. The van der Waals surface area contributed by atoms with Crippen LogP contribution in [0.3, 0.4) is 0 Å². The molecule has 4 aromatic rings. The molecule has 35 heavy (non-hydrogen) atoms. The van der Waals surface area contributed by atoms with E-state index in [2.05, 4.69) is 17.0 Å². The number of fused-ring (bicyclic) bond motifs is 1. The van der Waals surface area contributed by atoms with E-state index in [1.165, 1.54) is 0 Å². The summed E-state index contributed by atoms with van der Waals surface area (Å²) in [5.74, 6) is 1.67. The van der Waals surface area contributed by atoms with E-state index in [9.17, 15) is 8.42 Å². The van der Waals surface area contributed by atoms with Crippen LogP contribution in [0.1, 0.15) is 30.4 Å². The lowest BCUT2D eigenvalue weighted by atomic mass is 10.1. The lowest BCUT2D eigenvalue weighted by molar-refractivity contribution is 0.434. The summed E-state index contributed by atoms with van der Waals surface area (Å²) in [7, 11) is -3.22. The maximum atomic E-state index is 12.5. The largest absolute Gasteiger partial charge is 0.355 e. The molecular formula is C26H30N6O2S. The Bertz CT molecular complexity index is 1420. The summed E-state index contributed by atoms with van der Waals surface area (Å²) in [6, 6.07) is 20.2. The molecule has 3 heterocycles. The van der Waals surface area contributed by atoms with Crippen LogP contribution in [0.5, 0.6) is 0 Å². The third-order valence-electron chi connectivity index (χ3n) is 6.45. The summed E-state index contributed by atoms with van der Waals surface area (Å²) in [6.45, 7) is 5.95. The molecule has 0 aliphatic carbocycles. The van der Waals surface area contributed by atoms with Gasteiger partial charge >= 0.3 is 0 Å². The van der Waals surface area contributed by atoms with Crippen molar-refractivity contribution in [2.75, 3.05) is 36.8 Å². The molecule has 1 saturated heterocycles. The standard InChI is InChI=1S/C26H30N6O2S/c1-3-35(33,34)31-16-10-15-30(17-18-31)25-24-20(2)29-32(22-13-8-5-9-14-22)26(24)28-23(27-25)19-21-11-6-4-7-12-21/h4-9,11-14H,3,10,15-19H2,1-2H3. The Hall–Kier alpha value is -3.30. The third-order valence-corrected chi connectivity index (χ3v) is 8.33. The van der Waals surface area contributed by atoms with E-state index in [0.717, 1.165) is 52.6 Å². The molecule has 1 aliphatic rings. The molecular weight excluding hydrogens is 460 g/mol. The van der Waals surface area contributed by atoms with Gasteiger partial charge in [0.2, 0.25) is 10.0 Å². The monoisotopic (exact) mass is 490 g/mol. The number of aromatic nitrogens is 4. The first-order chi connectivity index (χ1) is 17.0. The molecule has 0 amide bonds. The zero-order valence-corrected chi connectivity index (χ0v) is 20.9. The molecule has 1 fully saturated rings. The van der Waals surface area contributed by atoms with Crippen molar-refractivity contribution in [3.8, 4) is 5.69 Å². The van der Waals surface area contributed by atoms with E-state index in [1.807, 2.05) is 60.1 Å². The van der Waals surface area contributed by atoms with E-state index in [1.54, 1.807) is 11.2 Å². The van der Waals surface area contributed by atoms with Gasteiger partial charge in [0.05, 0.1) is 22.5 Å². The predicted molar refractivity (Wildman–Crippen MR) is 139 cm³/mol. The van der Waals surface area contributed by atoms with Crippen molar-refractivity contribution in [1.82, 2.24) is 24.1 Å². The van der Waals surface area contributed by atoms with Crippen molar-refractivity contribution >= 4 is 26.9 Å². The molecule has 182 valence electrons. The maximum Gasteiger partial charge on any atom is 0.213 e. The summed E-state index contributed by atoms with van der Waals surface area (Å²) >= 11 is 0. The normalized spacial score (nSPS) is 15.4. The summed E-state index contributed by atoms with van der Waals surface area (Å²) in [5, 5.41) is 5.75. The van der Waals surface area contributed by atoms with E-state index >= 15 is 0 Å². The second kappa shape index (κ2) is 9.75. The minimum Gasteiger partial charge on any atom is -0.355 e. The molecule has 2 aromatic heterocycles. The predicted octanol–water partition coefficient (Wildman–Crippen LogP) is 3.58. The number of hydrogen-bond acceptors (Lipinski definition) is 6. The smallest absolute Gasteiger partial charge is 0.213 e. The highest BCUT2D eigenvalue weighted by atomic mass is 32.2. The number of aryl methyl sites for hydroxylation is 1. The minimum atomic E-state index is -3.22. The van der Waals surface area contributed by atoms with Gasteiger partial charge < -0.3 is 4.90 Å². The number of sulfonamides is 1. The Labute approximate surface area is 206 Å². The van der Waals surface area contributed by atoms with E-state index in [-0.39, 0.29) is 5.75 Å². The first-order valence-electron chi connectivity index (χ1n) is 12.0. The van der Waals surface area contributed by atoms with E-state index in [4.69, 9.17) is 15.1 Å². The fraction of sp³-hybridized carbons (Fsp3) is 0.346. The minimum absolute atomic E-state index is 0.120. The highest BCUT2D eigenvalue weighted by molar-refractivity contribution is 7.89. The second-order valence-corrected chi connectivity index (χ2v) is 11.1.